The standard InChI is InChI=1S/C6H9BN/c1-2-8-6-4-3-5(6)7/h3-4,7H2,1H3/q+1. The molecule has 1 aliphatic carbocycles. The summed E-state index contributed by atoms with van der Waals surface area (Å²) in [6.07, 6.45) is 2.40. The zero-order valence-corrected chi connectivity index (χ0v) is 5.36. The van der Waals surface area contributed by atoms with Gasteiger partial charge in [-0.05, 0) is 16.7 Å². The zero-order valence-electron chi connectivity index (χ0n) is 5.36. The fourth-order valence-electron chi connectivity index (χ4n) is 0.773. The summed E-state index contributed by atoms with van der Waals surface area (Å²) in [6.45, 7) is 1.83. The second kappa shape index (κ2) is 2.04. The molecule has 0 saturated carbocycles. The molecule has 0 atom stereocenters. The summed E-state index contributed by atoms with van der Waals surface area (Å²) in [6, 6.07) is 2.77. The van der Waals surface area contributed by atoms with Crippen LogP contribution in [0.5, 0.6) is 0 Å². The van der Waals surface area contributed by atoms with Crippen LogP contribution in [-0.4, -0.2) is 7.85 Å². The van der Waals surface area contributed by atoms with E-state index in [9.17, 15) is 0 Å². The predicted molar refractivity (Wildman–Crippen MR) is 37.7 cm³/mol. The molecule has 1 nitrogen and oxygen atoms in total. The van der Waals surface area contributed by atoms with Gasteiger partial charge in [-0.3, -0.25) is 0 Å². The monoisotopic (exact) mass is 106 g/mol. The molecule has 0 aromatic carbocycles. The highest BCUT2D eigenvalue weighted by Gasteiger charge is 2.20. The van der Waals surface area contributed by atoms with E-state index in [4.69, 9.17) is 0 Å². The summed E-state index contributed by atoms with van der Waals surface area (Å²) in [5.74, 6) is 0. The van der Waals surface area contributed by atoms with E-state index < -0.39 is 0 Å². The van der Waals surface area contributed by atoms with E-state index in [0.29, 0.717) is 0 Å². The number of hydrogen-bond acceptors (Lipinski definition) is 0. The first-order chi connectivity index (χ1) is 3.84. The highest BCUT2D eigenvalue weighted by molar-refractivity contribution is 6.23. The lowest BCUT2D eigenvalue weighted by atomic mass is 9.80. The second-order valence-corrected chi connectivity index (χ2v) is 2.06. The van der Waals surface area contributed by atoms with Crippen molar-refractivity contribution >= 4 is 7.85 Å². The molecule has 0 fully saturated rings. The highest BCUT2D eigenvalue weighted by atomic mass is 14.7. The Bertz CT molecular complexity index is 182. The highest BCUT2D eigenvalue weighted by Crippen LogP contribution is 2.25. The lowest BCUT2D eigenvalue weighted by Gasteiger charge is -2.03. The van der Waals surface area contributed by atoms with Gasteiger partial charge < -0.3 is 0 Å². The minimum absolute atomic E-state index is 1.16. The van der Waals surface area contributed by atoms with Crippen molar-refractivity contribution in [3.05, 3.63) is 16.0 Å². The molecular formula is C6H9BN+. The largest absolute Gasteiger partial charge is 0.307 e. The Kier molecular flexibility index (Phi) is 1.39. The van der Waals surface area contributed by atoms with E-state index in [1.807, 2.05) is 6.92 Å². The van der Waals surface area contributed by atoms with E-state index in [1.54, 1.807) is 0 Å². The molecule has 1 aliphatic rings. The Balaban J connectivity index is 2.69. The van der Waals surface area contributed by atoms with Crippen LogP contribution in [0, 0.1) is 6.07 Å². The van der Waals surface area contributed by atoms with Crippen molar-refractivity contribution in [3.63, 3.8) is 0 Å². The quantitative estimate of drug-likeness (QED) is 0.405. The Hall–Kier alpha value is -0.705. The van der Waals surface area contributed by atoms with Crippen LogP contribution < -0.4 is 0 Å². The molecule has 2 heteroatoms. The Morgan fingerprint density at radius 2 is 2.38 bits per heavy atom. The zero-order chi connectivity index (χ0) is 5.98. The summed E-state index contributed by atoms with van der Waals surface area (Å²) in [5.41, 5.74) is 2.67. The van der Waals surface area contributed by atoms with Gasteiger partial charge in [-0.2, -0.15) is 0 Å². The summed E-state index contributed by atoms with van der Waals surface area (Å²) < 4.78 is 0. The van der Waals surface area contributed by atoms with Crippen molar-refractivity contribution in [2.45, 2.75) is 19.8 Å². The molecule has 0 amide bonds. The van der Waals surface area contributed by atoms with Crippen LogP contribution in [-0.2, 0) is 0 Å². The molecule has 0 unspecified atom stereocenters. The predicted octanol–water partition coefficient (Wildman–Crippen LogP) is 0.978. The molecule has 0 spiro atoms. The Labute approximate surface area is 50.6 Å². The van der Waals surface area contributed by atoms with Gasteiger partial charge in [-0.1, -0.05) is 0 Å². The van der Waals surface area contributed by atoms with E-state index >= 15 is 0 Å². The van der Waals surface area contributed by atoms with Gasteiger partial charge in [0.15, 0.2) is 0 Å². The van der Waals surface area contributed by atoms with Crippen molar-refractivity contribution in [1.29, 1.82) is 0 Å². The van der Waals surface area contributed by atoms with E-state index in [2.05, 4.69) is 18.8 Å². The van der Waals surface area contributed by atoms with Crippen molar-refractivity contribution in [2.75, 3.05) is 0 Å². The normalized spacial score (nSPS) is 16.6. The van der Waals surface area contributed by atoms with Crippen LogP contribution in [0.2, 0.25) is 0 Å². The van der Waals surface area contributed by atoms with Crippen molar-refractivity contribution in [2.24, 2.45) is 0 Å². The average molecular weight is 106 g/mol. The lowest BCUT2D eigenvalue weighted by molar-refractivity contribution is 0.881. The molecule has 40 valence electrons. The number of rotatable bonds is 0. The maximum absolute atomic E-state index is 4.04. The van der Waals surface area contributed by atoms with Crippen molar-refractivity contribution in [3.8, 4) is 6.07 Å². The molecule has 8 heavy (non-hydrogen) atoms. The smallest absolute Gasteiger partial charge is 0.0419 e. The van der Waals surface area contributed by atoms with Gasteiger partial charge in [0, 0.05) is 0 Å². The Morgan fingerprint density at radius 3 is 2.50 bits per heavy atom. The molecule has 0 aromatic rings. The Morgan fingerprint density at radius 1 is 1.62 bits per heavy atom. The SMILES string of the molecule is BC1=C([N+]#CC)CC1. The van der Waals surface area contributed by atoms with Gasteiger partial charge in [0.2, 0.25) is 0 Å². The van der Waals surface area contributed by atoms with Crippen LogP contribution in [0.3, 0.4) is 0 Å². The number of nitrogens with zero attached hydrogens (tertiary/aromatic N) is 1. The van der Waals surface area contributed by atoms with Gasteiger partial charge in [-0.25, -0.2) is 0 Å². The van der Waals surface area contributed by atoms with Crippen LogP contribution in [0.4, 0.5) is 0 Å². The fraction of sp³-hybridized carbons (Fsp3) is 0.500. The third kappa shape index (κ3) is 0.766. The number of hydrogen-bond donors (Lipinski definition) is 0. The third-order valence-electron chi connectivity index (χ3n) is 1.48. The lowest BCUT2D eigenvalue weighted by Crippen LogP contribution is -1.99. The molecule has 0 N–H and O–H groups in total. The minimum Gasteiger partial charge on any atom is -0.0419 e. The first kappa shape index (κ1) is 5.43. The summed E-state index contributed by atoms with van der Waals surface area (Å²) in [5, 5.41) is 0. The summed E-state index contributed by atoms with van der Waals surface area (Å²) in [4.78, 5) is 4.04. The first-order valence-corrected chi connectivity index (χ1v) is 2.90. The fourth-order valence-corrected chi connectivity index (χ4v) is 0.773. The molecule has 0 saturated heterocycles. The van der Waals surface area contributed by atoms with Crippen LogP contribution >= 0.6 is 0 Å². The van der Waals surface area contributed by atoms with Crippen LogP contribution in [0.15, 0.2) is 11.2 Å². The maximum Gasteiger partial charge on any atom is 0.307 e. The van der Waals surface area contributed by atoms with Crippen LogP contribution in [0.25, 0.3) is 4.85 Å². The second-order valence-electron chi connectivity index (χ2n) is 2.06. The molecule has 0 aromatic heterocycles. The van der Waals surface area contributed by atoms with Gasteiger partial charge in [-0.15, -0.1) is 0 Å². The van der Waals surface area contributed by atoms with E-state index in [0.717, 1.165) is 6.42 Å². The summed E-state index contributed by atoms with van der Waals surface area (Å²) in [7, 11) is 2.12. The molecule has 1 rings (SSSR count). The summed E-state index contributed by atoms with van der Waals surface area (Å²) >= 11 is 0. The van der Waals surface area contributed by atoms with E-state index in [1.165, 1.54) is 17.6 Å². The van der Waals surface area contributed by atoms with Gasteiger partial charge in [0.05, 0.1) is 13.3 Å². The maximum atomic E-state index is 4.04. The first-order valence-electron chi connectivity index (χ1n) is 2.90. The van der Waals surface area contributed by atoms with Gasteiger partial charge in [0.25, 0.3) is 6.07 Å². The van der Waals surface area contributed by atoms with Crippen molar-refractivity contribution < 1.29 is 0 Å². The molecular weight excluding hydrogens is 96.9 g/mol. The topological polar surface area (TPSA) is 4.36 Å². The minimum atomic E-state index is 1.16. The van der Waals surface area contributed by atoms with Crippen LogP contribution in [0.1, 0.15) is 19.8 Å². The molecule has 0 bridgehead atoms. The average Bonchev–Trinajstić information content (AvgIpc) is 1.79. The molecule has 0 aliphatic heterocycles. The van der Waals surface area contributed by atoms with Gasteiger partial charge >= 0.3 is 5.70 Å². The molecule has 0 heterocycles. The van der Waals surface area contributed by atoms with Crippen molar-refractivity contribution in [1.82, 2.24) is 0 Å². The van der Waals surface area contributed by atoms with E-state index in [-0.39, 0.29) is 0 Å². The van der Waals surface area contributed by atoms with Gasteiger partial charge in [0.1, 0.15) is 7.85 Å². The third-order valence-corrected chi connectivity index (χ3v) is 1.48. The number of allylic oxidation sites excluding steroid dienone is 2. The molecule has 0 radical (unpaired) electrons.